The van der Waals surface area contributed by atoms with Gasteiger partial charge in [0, 0.05) is 22.2 Å². The van der Waals surface area contributed by atoms with Crippen LogP contribution < -0.4 is 14.8 Å². The van der Waals surface area contributed by atoms with Gasteiger partial charge in [-0.25, -0.2) is 4.39 Å². The highest BCUT2D eigenvalue weighted by molar-refractivity contribution is 7.84. The first kappa shape index (κ1) is 17.7. The second kappa shape index (κ2) is 7.84. The average molecular weight is 384 g/mol. The summed E-state index contributed by atoms with van der Waals surface area (Å²) >= 11 is 6.14. The molecule has 1 atom stereocenters. The third-order valence-electron chi connectivity index (χ3n) is 3.38. The highest BCUT2D eigenvalue weighted by atomic mass is 35.5. The Hall–Kier alpha value is -2.12. The van der Waals surface area contributed by atoms with Crippen LogP contribution in [-0.4, -0.2) is 29.1 Å². The normalized spacial score (nSPS) is 14.0. The molecule has 132 valence electrons. The van der Waals surface area contributed by atoms with Crippen molar-refractivity contribution in [2.75, 3.05) is 24.3 Å². The van der Waals surface area contributed by atoms with Crippen LogP contribution in [0.15, 0.2) is 36.4 Å². The number of fused-ring (bicyclic) bond motifs is 1. The molecule has 1 heterocycles. The Balaban J connectivity index is 1.60. The lowest BCUT2D eigenvalue weighted by atomic mass is 10.2. The van der Waals surface area contributed by atoms with Gasteiger partial charge in [0.2, 0.25) is 5.91 Å². The van der Waals surface area contributed by atoms with Crippen molar-refractivity contribution in [3.63, 3.8) is 0 Å². The quantitative estimate of drug-likeness (QED) is 0.861. The van der Waals surface area contributed by atoms with Crippen molar-refractivity contribution in [2.45, 2.75) is 5.75 Å². The fourth-order valence-corrected chi connectivity index (χ4v) is 3.69. The standard InChI is InChI=1S/C17H15ClFNO4S/c18-14-6-11(7-15-17(14)24-5-4-23-15)9-25(22)10-16(21)20-13-3-1-2-12(19)8-13/h1-3,6-8H,4-5,9-10H2,(H,20,21)/t25-/m1/s1. The molecule has 0 radical (unpaired) electrons. The summed E-state index contributed by atoms with van der Waals surface area (Å²) in [7, 11) is -1.45. The summed E-state index contributed by atoms with van der Waals surface area (Å²) < 4.78 is 36.2. The zero-order valence-corrected chi connectivity index (χ0v) is 14.7. The average Bonchev–Trinajstić information content (AvgIpc) is 2.54. The molecule has 0 aromatic heterocycles. The Kier molecular flexibility index (Phi) is 5.55. The Morgan fingerprint density at radius 1 is 1.24 bits per heavy atom. The predicted octanol–water partition coefficient (Wildman–Crippen LogP) is 3.14. The molecule has 0 spiro atoms. The number of amides is 1. The molecule has 3 rings (SSSR count). The van der Waals surface area contributed by atoms with Gasteiger partial charge < -0.3 is 14.8 Å². The van der Waals surface area contributed by atoms with Crippen LogP contribution in [0.25, 0.3) is 0 Å². The van der Waals surface area contributed by atoms with Crippen LogP contribution in [0, 0.1) is 5.82 Å². The van der Waals surface area contributed by atoms with Crippen LogP contribution in [0.3, 0.4) is 0 Å². The van der Waals surface area contributed by atoms with Crippen LogP contribution in [0.5, 0.6) is 11.5 Å². The van der Waals surface area contributed by atoms with E-state index >= 15 is 0 Å². The van der Waals surface area contributed by atoms with Crippen LogP contribution in [0.1, 0.15) is 5.56 Å². The number of ether oxygens (including phenoxy) is 2. The molecule has 25 heavy (non-hydrogen) atoms. The predicted molar refractivity (Wildman–Crippen MR) is 94.2 cm³/mol. The van der Waals surface area contributed by atoms with Crippen molar-refractivity contribution >= 4 is 34.0 Å². The molecule has 2 aromatic rings. The number of carbonyl (C=O) groups is 1. The molecule has 0 aliphatic carbocycles. The second-order valence-corrected chi connectivity index (χ2v) is 7.25. The summed E-state index contributed by atoms with van der Waals surface area (Å²) in [6.45, 7) is 0.851. The summed E-state index contributed by atoms with van der Waals surface area (Å²) in [6.07, 6.45) is 0. The number of carbonyl (C=O) groups excluding carboxylic acids is 1. The Labute approximate surface area is 151 Å². The Morgan fingerprint density at radius 2 is 2.04 bits per heavy atom. The summed E-state index contributed by atoms with van der Waals surface area (Å²) in [5.74, 6) is 0.0221. The minimum Gasteiger partial charge on any atom is -0.486 e. The third-order valence-corrected chi connectivity index (χ3v) is 4.90. The van der Waals surface area contributed by atoms with Crippen molar-refractivity contribution in [3.05, 3.63) is 52.8 Å². The molecule has 0 bridgehead atoms. The number of benzene rings is 2. The minimum absolute atomic E-state index is 0.146. The zero-order chi connectivity index (χ0) is 17.8. The molecule has 1 N–H and O–H groups in total. The fraction of sp³-hybridized carbons (Fsp3) is 0.235. The maximum absolute atomic E-state index is 13.1. The van der Waals surface area contributed by atoms with Crippen molar-refractivity contribution in [1.82, 2.24) is 0 Å². The fourth-order valence-electron chi connectivity index (χ4n) is 2.39. The number of nitrogens with one attached hydrogen (secondary N) is 1. The lowest BCUT2D eigenvalue weighted by Crippen LogP contribution is -2.20. The second-order valence-electron chi connectivity index (χ2n) is 5.39. The van der Waals surface area contributed by atoms with Gasteiger partial charge in [0.1, 0.15) is 24.8 Å². The smallest absolute Gasteiger partial charge is 0.237 e. The topological polar surface area (TPSA) is 64.6 Å². The molecule has 0 unspecified atom stereocenters. The van der Waals surface area contributed by atoms with E-state index in [0.29, 0.717) is 41.0 Å². The summed E-state index contributed by atoms with van der Waals surface area (Å²) in [4.78, 5) is 11.9. The van der Waals surface area contributed by atoms with E-state index in [9.17, 15) is 13.4 Å². The first-order valence-corrected chi connectivity index (χ1v) is 9.36. The van der Waals surface area contributed by atoms with Crippen molar-refractivity contribution in [3.8, 4) is 11.5 Å². The third kappa shape index (κ3) is 4.70. The number of hydrogen-bond donors (Lipinski definition) is 1. The number of rotatable bonds is 5. The lowest BCUT2D eigenvalue weighted by molar-refractivity contribution is -0.113. The van der Waals surface area contributed by atoms with Crippen LogP contribution in [0.2, 0.25) is 5.02 Å². The monoisotopic (exact) mass is 383 g/mol. The van der Waals surface area contributed by atoms with Gasteiger partial charge in [0.25, 0.3) is 0 Å². The van der Waals surface area contributed by atoms with Crippen molar-refractivity contribution < 1.29 is 22.9 Å². The van der Waals surface area contributed by atoms with E-state index in [1.807, 2.05) is 0 Å². The number of halogens is 2. The van der Waals surface area contributed by atoms with E-state index in [0.717, 1.165) is 0 Å². The van der Waals surface area contributed by atoms with E-state index < -0.39 is 22.5 Å². The van der Waals surface area contributed by atoms with Gasteiger partial charge in [-0.15, -0.1) is 0 Å². The van der Waals surface area contributed by atoms with Gasteiger partial charge in [0.15, 0.2) is 11.5 Å². The number of anilines is 1. The Morgan fingerprint density at radius 3 is 2.84 bits per heavy atom. The van der Waals surface area contributed by atoms with E-state index in [1.54, 1.807) is 18.2 Å². The molecule has 5 nitrogen and oxygen atoms in total. The van der Waals surface area contributed by atoms with Gasteiger partial charge in [0.05, 0.1) is 5.02 Å². The largest absolute Gasteiger partial charge is 0.486 e. The molecule has 0 saturated carbocycles. The molecule has 0 fully saturated rings. The van der Waals surface area contributed by atoms with E-state index in [2.05, 4.69) is 5.32 Å². The summed E-state index contributed by atoms with van der Waals surface area (Å²) in [5, 5.41) is 2.90. The maximum atomic E-state index is 13.1. The molecule has 1 amide bonds. The van der Waals surface area contributed by atoms with Gasteiger partial charge in [-0.1, -0.05) is 17.7 Å². The van der Waals surface area contributed by atoms with Crippen molar-refractivity contribution in [2.24, 2.45) is 0 Å². The zero-order valence-electron chi connectivity index (χ0n) is 13.1. The molecule has 1 aliphatic rings. The molecule has 8 heteroatoms. The Bertz CT molecular complexity index is 830. The molecule has 2 aromatic carbocycles. The highest BCUT2D eigenvalue weighted by Gasteiger charge is 2.18. The first-order chi connectivity index (χ1) is 12.0. The lowest BCUT2D eigenvalue weighted by Gasteiger charge is -2.20. The van der Waals surface area contributed by atoms with Crippen LogP contribution >= 0.6 is 11.6 Å². The molecular formula is C17H15ClFNO4S. The maximum Gasteiger partial charge on any atom is 0.237 e. The molecular weight excluding hydrogens is 369 g/mol. The van der Waals surface area contributed by atoms with Crippen molar-refractivity contribution in [1.29, 1.82) is 0 Å². The molecule has 1 aliphatic heterocycles. The van der Waals surface area contributed by atoms with Crippen LogP contribution in [-0.2, 0) is 21.3 Å². The number of hydrogen-bond acceptors (Lipinski definition) is 4. The van der Waals surface area contributed by atoms with Crippen LogP contribution in [0.4, 0.5) is 10.1 Å². The summed E-state index contributed by atoms with van der Waals surface area (Å²) in [5.41, 5.74) is 1.01. The van der Waals surface area contributed by atoms with Gasteiger partial charge in [-0.3, -0.25) is 9.00 Å². The van der Waals surface area contributed by atoms with Gasteiger partial charge >= 0.3 is 0 Å². The summed E-state index contributed by atoms with van der Waals surface area (Å²) in [6, 6.07) is 8.88. The molecule has 0 saturated heterocycles. The van der Waals surface area contributed by atoms with Gasteiger partial charge in [-0.2, -0.15) is 0 Å². The minimum atomic E-state index is -1.45. The van der Waals surface area contributed by atoms with E-state index in [-0.39, 0.29) is 11.5 Å². The SMILES string of the molecule is O=C(C[S@](=O)Cc1cc(Cl)c2c(c1)OCCO2)Nc1cccc(F)c1. The first-order valence-electron chi connectivity index (χ1n) is 7.49. The van der Waals surface area contributed by atoms with E-state index in [4.69, 9.17) is 21.1 Å². The van der Waals surface area contributed by atoms with E-state index in [1.165, 1.54) is 18.2 Å². The van der Waals surface area contributed by atoms with Gasteiger partial charge in [-0.05, 0) is 35.9 Å². The highest BCUT2D eigenvalue weighted by Crippen LogP contribution is 2.38.